The first-order valence-electron chi connectivity index (χ1n) is 24.5. The molecule has 2 saturated heterocycles. The molecule has 2 saturated carbocycles. The van der Waals surface area contributed by atoms with Crippen LogP contribution in [0, 0.1) is 23.2 Å². The number of alkyl halides is 13. The Kier molecular flexibility index (Phi) is 21.9. The number of piperidine rings is 2. The van der Waals surface area contributed by atoms with Gasteiger partial charge >= 0.3 is 25.1 Å². The number of benzene rings is 4. The minimum Gasteiger partial charge on any atom is -0.493 e. The Morgan fingerprint density at radius 1 is 0.605 bits per heavy atom. The highest BCUT2D eigenvalue weighted by Gasteiger charge is 2.47. The Labute approximate surface area is 441 Å². The topological polar surface area (TPSA) is 110 Å². The summed E-state index contributed by atoms with van der Waals surface area (Å²) in [6, 6.07) is 22.3. The molecule has 76 heavy (non-hydrogen) atoms. The molecule has 0 spiro atoms. The Morgan fingerprint density at radius 3 is 1.36 bits per heavy atom. The summed E-state index contributed by atoms with van der Waals surface area (Å²) < 4.78 is 168. The molecule has 9 nitrogen and oxygen atoms in total. The lowest BCUT2D eigenvalue weighted by Gasteiger charge is -2.43. The van der Waals surface area contributed by atoms with Gasteiger partial charge < -0.3 is 24.3 Å². The highest BCUT2D eigenvalue weighted by molar-refractivity contribution is 9.09. The number of hydrogen-bond acceptors (Lipinski definition) is 9. The summed E-state index contributed by atoms with van der Waals surface area (Å²) >= 11 is 3.15. The van der Waals surface area contributed by atoms with E-state index in [1.807, 2.05) is 0 Å². The number of likely N-dealkylation sites (tertiary alicyclic amines) is 1. The molecule has 0 bridgehead atoms. The SMILES string of the molecule is CC#N.FC(F)(F)c1ccc(OCC2CCCNC2)cc1.O=C(CBr)C1(c2ccc(OC(F)(F)F)cc2)CCC1.O=C(CN1CCCC(COc2ccc(C(F)(F)F)cc2)C1)C1(c2ccc(OC(F)(F)F)cc2)CCC1. The fourth-order valence-electron chi connectivity index (χ4n) is 9.36. The minimum absolute atomic E-state index is 0.0440. The molecule has 8 rings (SSSR count). The number of nitrogens with one attached hydrogen (secondary N) is 1. The van der Waals surface area contributed by atoms with Crippen LogP contribution in [0.4, 0.5) is 52.7 Å². The molecule has 4 aromatic rings. The number of Topliss-reactive ketones (excluding diaryl/α,β-unsaturated/α-hetero) is 2. The van der Waals surface area contributed by atoms with Crippen molar-refractivity contribution in [2.45, 2.75) is 107 Å². The van der Waals surface area contributed by atoms with Crippen molar-refractivity contribution in [3.8, 4) is 29.1 Å². The molecular formula is C54H58BrF12N3O6. The van der Waals surface area contributed by atoms with Crippen LogP contribution in [0.25, 0.3) is 0 Å². The van der Waals surface area contributed by atoms with Gasteiger partial charge in [-0.15, -0.1) is 26.3 Å². The van der Waals surface area contributed by atoms with Crippen molar-refractivity contribution < 1.29 is 81.2 Å². The molecule has 416 valence electrons. The van der Waals surface area contributed by atoms with Gasteiger partial charge in [0, 0.05) is 31.8 Å². The maximum Gasteiger partial charge on any atom is 0.573 e. The van der Waals surface area contributed by atoms with Gasteiger partial charge in [-0.25, -0.2) is 0 Å². The van der Waals surface area contributed by atoms with Gasteiger partial charge in [0.05, 0.1) is 53.1 Å². The van der Waals surface area contributed by atoms with Crippen LogP contribution in [0.5, 0.6) is 23.0 Å². The number of carbonyl (C=O) groups is 2. The fourth-order valence-corrected chi connectivity index (χ4v) is 9.89. The normalized spacial score (nSPS) is 19.1. The van der Waals surface area contributed by atoms with Crippen molar-refractivity contribution in [3.05, 3.63) is 119 Å². The largest absolute Gasteiger partial charge is 0.573 e. The van der Waals surface area contributed by atoms with Crippen molar-refractivity contribution in [2.24, 2.45) is 11.8 Å². The number of ketones is 2. The van der Waals surface area contributed by atoms with E-state index in [4.69, 9.17) is 14.7 Å². The molecule has 1 N–H and O–H groups in total. The number of halogens is 13. The molecule has 4 aliphatic rings. The van der Waals surface area contributed by atoms with Gasteiger partial charge in [0.2, 0.25) is 0 Å². The number of ether oxygens (including phenoxy) is 4. The highest BCUT2D eigenvalue weighted by atomic mass is 79.9. The zero-order valence-electron chi connectivity index (χ0n) is 41.4. The summed E-state index contributed by atoms with van der Waals surface area (Å²) in [6.45, 7) is 5.88. The third-order valence-corrected chi connectivity index (χ3v) is 14.1. The predicted molar refractivity (Wildman–Crippen MR) is 261 cm³/mol. The average Bonchev–Trinajstić information content (AvgIpc) is 3.33. The summed E-state index contributed by atoms with van der Waals surface area (Å²) in [5.41, 5.74) is -1.13. The van der Waals surface area contributed by atoms with Gasteiger partial charge in [0.1, 0.15) is 23.0 Å². The summed E-state index contributed by atoms with van der Waals surface area (Å²) in [5, 5.41) is 10.8. The maximum atomic E-state index is 13.4. The Morgan fingerprint density at radius 2 is 1.00 bits per heavy atom. The van der Waals surface area contributed by atoms with E-state index < -0.39 is 47.0 Å². The van der Waals surface area contributed by atoms with E-state index in [9.17, 15) is 62.3 Å². The highest BCUT2D eigenvalue weighted by Crippen LogP contribution is 2.47. The second-order valence-electron chi connectivity index (χ2n) is 18.8. The number of hydrogen-bond donors (Lipinski definition) is 1. The Balaban J connectivity index is 0.000000224. The standard InChI is InChI=1S/C26H27F6NO3.C13H12BrF3O2.C13H16F3NO.C2H3N/c27-25(28,29)20-6-8-21(9-7-20)35-17-18-3-1-14-33(15-18)16-23(34)24(12-2-13-24)19-4-10-22(11-5-19)36-26(30,31)32;14-8-11(18)12(6-1-7-12)9-2-4-10(5-3-9)19-13(15,16)17;14-13(15,16)11-3-5-12(6-4-11)18-9-10-2-1-7-17-8-10;1-2-3/h4-11,18H,1-3,12-17H2;2-5H,1,6-8H2;3-6,10,17H,1-2,7-9H2;1H3. The van der Waals surface area contributed by atoms with Gasteiger partial charge in [0.25, 0.3) is 0 Å². The van der Waals surface area contributed by atoms with Crippen molar-refractivity contribution in [1.29, 1.82) is 5.26 Å². The van der Waals surface area contributed by atoms with Crippen LogP contribution in [0.3, 0.4) is 0 Å². The van der Waals surface area contributed by atoms with Crippen molar-refractivity contribution >= 4 is 27.5 Å². The summed E-state index contributed by atoms with van der Waals surface area (Å²) in [5.74, 6) is 0.963. The molecule has 2 aliphatic carbocycles. The van der Waals surface area contributed by atoms with Gasteiger partial charge in [-0.3, -0.25) is 14.5 Å². The molecule has 22 heteroatoms. The third-order valence-electron chi connectivity index (χ3n) is 13.6. The van der Waals surface area contributed by atoms with E-state index in [-0.39, 0.29) is 40.9 Å². The molecule has 2 atom stereocenters. The molecule has 4 fully saturated rings. The van der Waals surface area contributed by atoms with Crippen molar-refractivity contribution in [1.82, 2.24) is 10.2 Å². The van der Waals surface area contributed by atoms with E-state index in [2.05, 4.69) is 35.6 Å². The van der Waals surface area contributed by atoms with E-state index >= 15 is 0 Å². The third kappa shape index (κ3) is 18.3. The summed E-state index contributed by atoms with van der Waals surface area (Å²) in [6.07, 6.45) is -9.54. The number of nitrogens with zero attached hydrogens (tertiary/aromatic N) is 2. The first-order valence-corrected chi connectivity index (χ1v) is 25.6. The lowest BCUT2D eigenvalue weighted by Crippen LogP contribution is -2.49. The van der Waals surface area contributed by atoms with Gasteiger partial charge in [-0.1, -0.05) is 53.0 Å². The Hall–Kier alpha value is -5.53. The molecule has 2 unspecified atom stereocenters. The summed E-state index contributed by atoms with van der Waals surface area (Å²) in [4.78, 5) is 27.4. The average molecular weight is 1150 g/mol. The fraction of sp³-hybridized carbons (Fsp3) is 0.500. The lowest BCUT2D eigenvalue weighted by atomic mass is 9.61. The first-order chi connectivity index (χ1) is 35.8. The molecule has 2 heterocycles. The van der Waals surface area contributed by atoms with Crippen LogP contribution in [-0.4, -0.2) is 80.5 Å². The van der Waals surface area contributed by atoms with Crippen LogP contribution >= 0.6 is 15.9 Å². The van der Waals surface area contributed by atoms with Crippen LogP contribution in [0.15, 0.2) is 97.1 Å². The zero-order valence-corrected chi connectivity index (χ0v) is 43.0. The van der Waals surface area contributed by atoms with Crippen molar-refractivity contribution in [2.75, 3.05) is 51.3 Å². The number of nitriles is 1. The molecule has 0 amide bonds. The van der Waals surface area contributed by atoms with Crippen molar-refractivity contribution in [3.63, 3.8) is 0 Å². The first kappa shape index (κ1) is 61.3. The van der Waals surface area contributed by atoms with E-state index in [0.29, 0.717) is 55.6 Å². The zero-order chi connectivity index (χ0) is 55.8. The van der Waals surface area contributed by atoms with Gasteiger partial charge in [-0.05, 0) is 148 Å². The molecule has 0 aromatic heterocycles. The second-order valence-corrected chi connectivity index (χ2v) is 19.4. The molecule has 2 aliphatic heterocycles. The van der Waals surface area contributed by atoms with Crippen LogP contribution in [-0.2, 0) is 32.8 Å². The molecule has 4 aromatic carbocycles. The van der Waals surface area contributed by atoms with Gasteiger partial charge in [-0.2, -0.15) is 31.6 Å². The number of rotatable bonds is 15. The van der Waals surface area contributed by atoms with Crippen LogP contribution in [0.2, 0.25) is 0 Å². The van der Waals surface area contributed by atoms with E-state index in [1.165, 1.54) is 67.6 Å². The molecular weight excluding hydrogens is 1090 g/mol. The second kappa shape index (κ2) is 27.2. The van der Waals surface area contributed by atoms with Crippen LogP contribution in [0.1, 0.15) is 93.4 Å². The number of carbonyl (C=O) groups excluding carboxylic acids is 2. The van der Waals surface area contributed by atoms with E-state index in [1.54, 1.807) is 18.2 Å². The maximum absolute atomic E-state index is 13.4. The smallest absolute Gasteiger partial charge is 0.493 e. The summed E-state index contributed by atoms with van der Waals surface area (Å²) in [7, 11) is 0. The predicted octanol–water partition coefficient (Wildman–Crippen LogP) is 14.0. The van der Waals surface area contributed by atoms with Crippen LogP contribution < -0.4 is 24.3 Å². The van der Waals surface area contributed by atoms with E-state index in [0.717, 1.165) is 101 Å². The Bertz CT molecular complexity index is 2470. The lowest BCUT2D eigenvalue weighted by molar-refractivity contribution is -0.275. The minimum atomic E-state index is -4.77. The quantitative estimate of drug-likeness (QED) is 0.0919. The van der Waals surface area contributed by atoms with Gasteiger partial charge in [0.15, 0.2) is 11.6 Å². The molecule has 0 radical (unpaired) electrons. The monoisotopic (exact) mass is 1150 g/mol.